The van der Waals surface area contributed by atoms with Crippen LogP contribution >= 0.6 is 0 Å². The van der Waals surface area contributed by atoms with Gasteiger partial charge in [0.25, 0.3) is 0 Å². The topological polar surface area (TPSA) is 143 Å². The van der Waals surface area contributed by atoms with Crippen LogP contribution in [0.25, 0.3) is 22.6 Å². The molecule has 0 atom stereocenters. The van der Waals surface area contributed by atoms with Crippen molar-refractivity contribution in [2.24, 2.45) is 11.1 Å². The number of nitrogens with two attached hydrogens (primary N) is 1. The van der Waals surface area contributed by atoms with Gasteiger partial charge in [0.05, 0.1) is 35.7 Å². The Kier molecular flexibility index (Phi) is 8.44. The van der Waals surface area contributed by atoms with Crippen LogP contribution in [0.2, 0.25) is 0 Å². The first kappa shape index (κ1) is 26.6. The number of aromatic amines is 1. The van der Waals surface area contributed by atoms with Crippen molar-refractivity contribution >= 4 is 11.9 Å². The lowest BCUT2D eigenvalue weighted by atomic mass is 9.91. The van der Waals surface area contributed by atoms with E-state index in [0.29, 0.717) is 54.1 Å². The predicted octanol–water partition coefficient (Wildman–Crippen LogP) is 1.77. The zero-order chi connectivity index (χ0) is 26.4. The fraction of sp³-hybridized carbons (Fsp3) is 0.440. The third-order valence-electron chi connectivity index (χ3n) is 5.90. The number of nitrogens with zero attached hydrogens (tertiary/aromatic N) is 4. The summed E-state index contributed by atoms with van der Waals surface area (Å²) in [6, 6.07) is 7.78. The number of halogens is 1. The number of hydrogen-bond acceptors (Lipinski definition) is 9. The SMILES string of the molecule is CN(C)CCNC(=O)C1(C)COC(c2nc(-c3ccc(F)cc3)c(-c3ccnc(NCCN)n3)[nH]2)OC1. The molecule has 5 N–H and O–H groups in total. The molecule has 2 aromatic heterocycles. The van der Waals surface area contributed by atoms with Crippen LogP contribution in [0, 0.1) is 11.2 Å². The summed E-state index contributed by atoms with van der Waals surface area (Å²) in [5, 5.41) is 6.00. The molecule has 11 nitrogen and oxygen atoms in total. The second-order valence-electron chi connectivity index (χ2n) is 9.41. The largest absolute Gasteiger partial charge is 0.354 e. The fourth-order valence-electron chi connectivity index (χ4n) is 3.78. The van der Waals surface area contributed by atoms with Crippen molar-refractivity contribution in [2.75, 3.05) is 58.8 Å². The summed E-state index contributed by atoms with van der Waals surface area (Å²) >= 11 is 0. The molecule has 1 aliphatic rings. The van der Waals surface area contributed by atoms with Crippen LogP contribution in [-0.4, -0.2) is 84.2 Å². The molecule has 3 heterocycles. The standard InChI is InChI=1S/C25H33FN8O3/c1-25(23(35)28-12-13-34(2)3)14-36-22(37-15-25)21-32-19(16-4-6-17(26)7-5-16)20(33-21)18-8-10-29-24(31-18)30-11-9-27/h4-8,10,22H,9,11-15,27H2,1-3H3,(H,28,35)(H,32,33)(H,29,30,31). The van der Waals surface area contributed by atoms with Gasteiger partial charge in [0, 0.05) is 37.9 Å². The van der Waals surface area contributed by atoms with Gasteiger partial charge in [-0.1, -0.05) is 0 Å². The predicted molar refractivity (Wildman–Crippen MR) is 137 cm³/mol. The lowest BCUT2D eigenvalue weighted by Gasteiger charge is -2.35. The van der Waals surface area contributed by atoms with Gasteiger partial charge in [-0.05, 0) is 51.4 Å². The highest BCUT2D eigenvalue weighted by Crippen LogP contribution is 2.35. The molecule has 0 bridgehead atoms. The zero-order valence-electron chi connectivity index (χ0n) is 21.3. The Morgan fingerprint density at radius 2 is 1.92 bits per heavy atom. The second-order valence-corrected chi connectivity index (χ2v) is 9.41. The van der Waals surface area contributed by atoms with Crippen LogP contribution in [-0.2, 0) is 14.3 Å². The highest BCUT2D eigenvalue weighted by molar-refractivity contribution is 5.82. The average Bonchev–Trinajstić information content (AvgIpc) is 3.34. The van der Waals surface area contributed by atoms with Crippen molar-refractivity contribution < 1.29 is 18.7 Å². The van der Waals surface area contributed by atoms with E-state index >= 15 is 0 Å². The number of carbonyl (C=O) groups is 1. The second kappa shape index (κ2) is 11.7. The number of ether oxygens (including phenoxy) is 2. The van der Waals surface area contributed by atoms with Gasteiger partial charge in [-0.3, -0.25) is 4.79 Å². The van der Waals surface area contributed by atoms with E-state index in [1.54, 1.807) is 24.4 Å². The number of hydrogen-bond donors (Lipinski definition) is 4. The van der Waals surface area contributed by atoms with Gasteiger partial charge in [0.1, 0.15) is 5.82 Å². The minimum atomic E-state index is -0.825. The number of benzene rings is 1. The van der Waals surface area contributed by atoms with E-state index in [-0.39, 0.29) is 24.9 Å². The molecule has 1 fully saturated rings. The van der Waals surface area contributed by atoms with E-state index in [0.717, 1.165) is 6.54 Å². The summed E-state index contributed by atoms with van der Waals surface area (Å²) < 4.78 is 25.5. The lowest BCUT2D eigenvalue weighted by molar-refractivity contribution is -0.231. The maximum atomic E-state index is 13.6. The molecule has 1 aromatic carbocycles. The molecule has 37 heavy (non-hydrogen) atoms. The van der Waals surface area contributed by atoms with Gasteiger partial charge in [0.2, 0.25) is 18.1 Å². The number of anilines is 1. The van der Waals surface area contributed by atoms with Gasteiger partial charge in [0.15, 0.2) is 5.82 Å². The maximum Gasteiger partial charge on any atom is 0.230 e. The molecule has 1 saturated heterocycles. The molecular formula is C25H33FN8O3. The molecule has 4 rings (SSSR count). The number of imidazole rings is 1. The van der Waals surface area contributed by atoms with E-state index in [4.69, 9.17) is 20.2 Å². The highest BCUT2D eigenvalue weighted by atomic mass is 19.1. The minimum absolute atomic E-state index is 0.126. The van der Waals surface area contributed by atoms with Crippen LogP contribution in [0.15, 0.2) is 36.5 Å². The van der Waals surface area contributed by atoms with Gasteiger partial charge in [-0.25, -0.2) is 19.3 Å². The van der Waals surface area contributed by atoms with E-state index in [1.165, 1.54) is 12.1 Å². The first-order chi connectivity index (χ1) is 17.8. The quantitative estimate of drug-likeness (QED) is 0.320. The molecule has 198 valence electrons. The van der Waals surface area contributed by atoms with E-state index in [2.05, 4.69) is 25.6 Å². The maximum absolute atomic E-state index is 13.6. The van der Waals surface area contributed by atoms with Crippen molar-refractivity contribution in [1.29, 1.82) is 0 Å². The Bertz CT molecular complexity index is 1190. The Morgan fingerprint density at radius 3 is 2.59 bits per heavy atom. The number of carbonyl (C=O) groups excluding carboxylic acids is 1. The fourth-order valence-corrected chi connectivity index (χ4v) is 3.78. The van der Waals surface area contributed by atoms with Crippen LogP contribution in [0.5, 0.6) is 0 Å². The molecule has 0 radical (unpaired) electrons. The normalized spacial score (nSPS) is 19.7. The van der Waals surface area contributed by atoms with Crippen molar-refractivity contribution in [3.05, 3.63) is 48.2 Å². The molecule has 0 unspecified atom stereocenters. The van der Waals surface area contributed by atoms with Crippen LogP contribution < -0.4 is 16.4 Å². The van der Waals surface area contributed by atoms with Crippen LogP contribution in [0.4, 0.5) is 10.3 Å². The molecule has 3 aromatic rings. The zero-order valence-corrected chi connectivity index (χ0v) is 21.3. The van der Waals surface area contributed by atoms with E-state index < -0.39 is 11.7 Å². The number of nitrogens with one attached hydrogen (secondary N) is 3. The molecule has 1 aliphatic heterocycles. The number of amides is 1. The van der Waals surface area contributed by atoms with Crippen LogP contribution in [0.3, 0.4) is 0 Å². The van der Waals surface area contributed by atoms with Gasteiger partial charge in [-0.2, -0.15) is 0 Å². The molecule has 0 saturated carbocycles. The van der Waals surface area contributed by atoms with Crippen LogP contribution in [0.1, 0.15) is 19.0 Å². The lowest BCUT2D eigenvalue weighted by Crippen LogP contribution is -2.49. The Morgan fingerprint density at radius 1 is 1.19 bits per heavy atom. The Labute approximate surface area is 215 Å². The van der Waals surface area contributed by atoms with Gasteiger partial charge in [-0.15, -0.1) is 0 Å². The summed E-state index contributed by atoms with van der Waals surface area (Å²) in [5.41, 5.74) is 7.17. The highest BCUT2D eigenvalue weighted by Gasteiger charge is 2.40. The number of likely N-dealkylation sites (N-methyl/N-ethyl adjacent to an activating group) is 1. The molecule has 0 spiro atoms. The first-order valence-electron chi connectivity index (χ1n) is 12.1. The summed E-state index contributed by atoms with van der Waals surface area (Å²) in [7, 11) is 3.89. The summed E-state index contributed by atoms with van der Waals surface area (Å²) in [6.07, 6.45) is 0.816. The van der Waals surface area contributed by atoms with Crippen molar-refractivity contribution in [3.63, 3.8) is 0 Å². The van der Waals surface area contributed by atoms with E-state index in [1.807, 2.05) is 25.9 Å². The molecule has 12 heteroatoms. The first-order valence-corrected chi connectivity index (χ1v) is 12.1. The minimum Gasteiger partial charge on any atom is -0.354 e. The number of H-pyrrole nitrogens is 1. The molecular weight excluding hydrogens is 479 g/mol. The Balaban J connectivity index is 1.57. The monoisotopic (exact) mass is 512 g/mol. The summed E-state index contributed by atoms with van der Waals surface area (Å²) in [5.74, 6) is 0.363. The Hall–Kier alpha value is -3.45. The summed E-state index contributed by atoms with van der Waals surface area (Å²) in [6.45, 7) is 4.36. The third kappa shape index (κ3) is 6.46. The number of aromatic nitrogens is 4. The van der Waals surface area contributed by atoms with Gasteiger partial charge < -0.3 is 35.7 Å². The third-order valence-corrected chi connectivity index (χ3v) is 5.90. The molecule has 0 aliphatic carbocycles. The van der Waals surface area contributed by atoms with Crippen molar-refractivity contribution in [2.45, 2.75) is 13.2 Å². The van der Waals surface area contributed by atoms with E-state index in [9.17, 15) is 9.18 Å². The smallest absolute Gasteiger partial charge is 0.230 e. The molecule has 1 amide bonds. The summed E-state index contributed by atoms with van der Waals surface area (Å²) in [4.78, 5) is 31.5. The van der Waals surface area contributed by atoms with Crippen molar-refractivity contribution in [1.82, 2.24) is 30.2 Å². The van der Waals surface area contributed by atoms with Crippen molar-refractivity contribution in [3.8, 4) is 22.6 Å². The van der Waals surface area contributed by atoms with Gasteiger partial charge >= 0.3 is 0 Å². The average molecular weight is 513 g/mol. The number of rotatable bonds is 10.